The summed E-state index contributed by atoms with van der Waals surface area (Å²) >= 11 is 6.29. The lowest BCUT2D eigenvalue weighted by Crippen LogP contribution is -2.34. The Balaban J connectivity index is 2.05. The van der Waals surface area contributed by atoms with Gasteiger partial charge in [0.25, 0.3) is 0 Å². The molecule has 2 aromatic rings. The molecule has 1 amide bonds. The minimum absolute atomic E-state index is 0.425. The quantitative estimate of drug-likeness (QED) is 0.754. The van der Waals surface area contributed by atoms with Crippen molar-refractivity contribution in [2.75, 3.05) is 11.9 Å². The van der Waals surface area contributed by atoms with Gasteiger partial charge in [-0.25, -0.2) is 4.79 Å². The number of carbonyl (C=O) groups is 1. The first-order valence-electron chi connectivity index (χ1n) is 7.69. The van der Waals surface area contributed by atoms with E-state index in [9.17, 15) is 4.79 Å². The van der Waals surface area contributed by atoms with Crippen molar-refractivity contribution in [3.8, 4) is 5.75 Å². The molecule has 0 N–H and O–H groups in total. The first-order chi connectivity index (χ1) is 11.3. The number of anilines is 1. The van der Waals surface area contributed by atoms with E-state index in [1.54, 1.807) is 25.2 Å². The van der Waals surface area contributed by atoms with Gasteiger partial charge in [-0.15, -0.1) is 0 Å². The second kappa shape index (κ2) is 7.58. The van der Waals surface area contributed by atoms with Crippen LogP contribution in [-0.2, 0) is 11.3 Å². The summed E-state index contributed by atoms with van der Waals surface area (Å²) in [5, 5.41) is 0.425. The lowest BCUT2D eigenvalue weighted by atomic mass is 10.2. The summed E-state index contributed by atoms with van der Waals surface area (Å²) in [7, 11) is 1.62. The monoisotopic (exact) mass is 347 g/mol. The maximum Gasteiger partial charge on any atom is 0.414 e. The molecule has 0 atom stereocenters. The molecule has 2 rings (SSSR count). The van der Waals surface area contributed by atoms with E-state index in [0.29, 0.717) is 23.1 Å². The van der Waals surface area contributed by atoms with Crippen LogP contribution in [0, 0.1) is 0 Å². The molecule has 0 saturated carbocycles. The van der Waals surface area contributed by atoms with Crippen molar-refractivity contribution in [3.05, 3.63) is 59.1 Å². The normalized spacial score (nSPS) is 11.0. The molecule has 0 radical (unpaired) electrons. The second-order valence-electron chi connectivity index (χ2n) is 6.43. The van der Waals surface area contributed by atoms with Gasteiger partial charge in [0.15, 0.2) is 0 Å². The van der Waals surface area contributed by atoms with Crippen LogP contribution in [0.15, 0.2) is 48.5 Å². The van der Waals surface area contributed by atoms with E-state index < -0.39 is 11.7 Å². The fraction of sp³-hybridized carbons (Fsp3) is 0.316. The van der Waals surface area contributed by atoms with Crippen LogP contribution in [0.4, 0.5) is 10.5 Å². The Bertz CT molecular complexity index is 696. The van der Waals surface area contributed by atoms with E-state index in [-0.39, 0.29) is 0 Å². The Kier molecular flexibility index (Phi) is 5.73. The fourth-order valence-electron chi connectivity index (χ4n) is 2.02. The molecular weight excluding hydrogens is 326 g/mol. The predicted molar refractivity (Wildman–Crippen MR) is 96.9 cm³/mol. The average Bonchev–Trinajstić information content (AvgIpc) is 2.52. The largest absolute Gasteiger partial charge is 0.489 e. The number of ether oxygens (including phenoxy) is 2. The zero-order valence-electron chi connectivity index (χ0n) is 14.4. The second-order valence-corrected chi connectivity index (χ2v) is 6.83. The SMILES string of the molecule is CN(C(=O)OC(C)(C)C)c1ccc(OCc2ccccc2)cc1Cl. The van der Waals surface area contributed by atoms with Gasteiger partial charge < -0.3 is 9.47 Å². The van der Waals surface area contributed by atoms with Gasteiger partial charge in [0, 0.05) is 13.1 Å². The van der Waals surface area contributed by atoms with E-state index in [0.717, 1.165) is 5.56 Å². The molecule has 0 heterocycles. The third-order valence-electron chi connectivity index (χ3n) is 3.20. The molecule has 128 valence electrons. The summed E-state index contributed by atoms with van der Waals surface area (Å²) in [5.74, 6) is 0.644. The molecule has 0 aliphatic carbocycles. The zero-order chi connectivity index (χ0) is 17.7. The number of hydrogen-bond acceptors (Lipinski definition) is 3. The predicted octanol–water partition coefficient (Wildman–Crippen LogP) is 5.29. The lowest BCUT2D eigenvalue weighted by molar-refractivity contribution is 0.0589. The highest BCUT2D eigenvalue weighted by Gasteiger charge is 2.22. The van der Waals surface area contributed by atoms with Crippen molar-refractivity contribution in [1.29, 1.82) is 0 Å². The summed E-state index contributed by atoms with van der Waals surface area (Å²) in [6, 6.07) is 15.1. The summed E-state index contributed by atoms with van der Waals surface area (Å²) in [6.45, 7) is 5.92. The van der Waals surface area contributed by atoms with Gasteiger partial charge in [-0.1, -0.05) is 41.9 Å². The highest BCUT2D eigenvalue weighted by atomic mass is 35.5. The maximum atomic E-state index is 12.1. The summed E-state index contributed by atoms with van der Waals surface area (Å²) in [6.07, 6.45) is -0.456. The number of amides is 1. The number of nitrogens with zero attached hydrogens (tertiary/aromatic N) is 1. The molecule has 0 bridgehead atoms. The van der Waals surface area contributed by atoms with Crippen LogP contribution in [-0.4, -0.2) is 18.7 Å². The van der Waals surface area contributed by atoms with Crippen molar-refractivity contribution in [2.45, 2.75) is 33.0 Å². The minimum atomic E-state index is -0.559. The third-order valence-corrected chi connectivity index (χ3v) is 3.50. The van der Waals surface area contributed by atoms with E-state index in [4.69, 9.17) is 21.1 Å². The average molecular weight is 348 g/mol. The van der Waals surface area contributed by atoms with Crippen LogP contribution < -0.4 is 9.64 Å². The Morgan fingerprint density at radius 1 is 1.12 bits per heavy atom. The zero-order valence-corrected chi connectivity index (χ0v) is 15.1. The molecule has 0 fully saturated rings. The van der Waals surface area contributed by atoms with Crippen LogP contribution in [0.3, 0.4) is 0 Å². The maximum absolute atomic E-state index is 12.1. The highest BCUT2D eigenvalue weighted by Crippen LogP contribution is 2.30. The van der Waals surface area contributed by atoms with Gasteiger partial charge in [0.1, 0.15) is 18.0 Å². The van der Waals surface area contributed by atoms with E-state index in [1.165, 1.54) is 4.90 Å². The smallest absolute Gasteiger partial charge is 0.414 e. The van der Waals surface area contributed by atoms with Gasteiger partial charge >= 0.3 is 6.09 Å². The number of halogens is 1. The Morgan fingerprint density at radius 2 is 1.79 bits per heavy atom. The van der Waals surface area contributed by atoms with E-state index >= 15 is 0 Å². The minimum Gasteiger partial charge on any atom is -0.489 e. The van der Waals surface area contributed by atoms with Crippen molar-refractivity contribution < 1.29 is 14.3 Å². The van der Waals surface area contributed by atoms with Crippen LogP contribution in [0.1, 0.15) is 26.3 Å². The molecule has 0 aliphatic heterocycles. The summed E-state index contributed by atoms with van der Waals surface area (Å²) < 4.78 is 11.1. The Hall–Kier alpha value is -2.20. The van der Waals surface area contributed by atoms with Gasteiger partial charge in [-0.3, -0.25) is 4.90 Å². The lowest BCUT2D eigenvalue weighted by Gasteiger charge is -2.25. The first-order valence-corrected chi connectivity index (χ1v) is 8.07. The molecule has 2 aromatic carbocycles. The van der Waals surface area contributed by atoms with Gasteiger partial charge in [0.05, 0.1) is 10.7 Å². The molecule has 0 unspecified atom stereocenters. The molecule has 0 spiro atoms. The molecular formula is C19H22ClNO3. The summed E-state index contributed by atoms with van der Waals surface area (Å²) in [5.41, 5.74) is 1.08. The van der Waals surface area contributed by atoms with Crippen molar-refractivity contribution in [2.24, 2.45) is 0 Å². The van der Waals surface area contributed by atoms with Crippen molar-refractivity contribution in [1.82, 2.24) is 0 Å². The molecule has 4 nitrogen and oxygen atoms in total. The summed E-state index contributed by atoms with van der Waals surface area (Å²) in [4.78, 5) is 13.5. The molecule has 0 aliphatic rings. The van der Waals surface area contributed by atoms with Crippen LogP contribution in [0.5, 0.6) is 5.75 Å². The number of carbonyl (C=O) groups excluding carboxylic acids is 1. The third kappa shape index (κ3) is 5.17. The van der Waals surface area contributed by atoms with Crippen molar-refractivity contribution >= 4 is 23.4 Å². The fourth-order valence-corrected chi connectivity index (χ4v) is 2.32. The number of rotatable bonds is 4. The number of hydrogen-bond donors (Lipinski definition) is 0. The van der Waals surface area contributed by atoms with Gasteiger partial charge in [-0.05, 0) is 38.5 Å². The molecule has 24 heavy (non-hydrogen) atoms. The molecule has 5 heteroatoms. The standard InChI is InChI=1S/C19H22ClNO3/c1-19(2,3)24-18(22)21(4)17-11-10-15(12-16(17)20)23-13-14-8-6-5-7-9-14/h5-12H,13H2,1-4H3. The molecule has 0 saturated heterocycles. The van der Waals surface area contributed by atoms with Gasteiger partial charge in [-0.2, -0.15) is 0 Å². The highest BCUT2D eigenvalue weighted by molar-refractivity contribution is 6.33. The Labute approximate surface area is 147 Å². The number of benzene rings is 2. The molecule has 0 aromatic heterocycles. The van der Waals surface area contributed by atoms with Crippen LogP contribution in [0.25, 0.3) is 0 Å². The topological polar surface area (TPSA) is 38.8 Å². The first kappa shape index (κ1) is 18.1. The van der Waals surface area contributed by atoms with Crippen molar-refractivity contribution in [3.63, 3.8) is 0 Å². The van der Waals surface area contributed by atoms with E-state index in [1.807, 2.05) is 51.1 Å². The van der Waals surface area contributed by atoms with Crippen LogP contribution in [0.2, 0.25) is 5.02 Å². The van der Waals surface area contributed by atoms with E-state index in [2.05, 4.69) is 0 Å². The van der Waals surface area contributed by atoms with Gasteiger partial charge in [0.2, 0.25) is 0 Å². The van der Waals surface area contributed by atoms with Crippen LogP contribution >= 0.6 is 11.6 Å². The Morgan fingerprint density at radius 3 is 2.38 bits per heavy atom.